The van der Waals surface area contributed by atoms with Crippen LogP contribution in [0.15, 0.2) is 59.7 Å². The van der Waals surface area contributed by atoms with Gasteiger partial charge in [-0.15, -0.1) is 0 Å². The summed E-state index contributed by atoms with van der Waals surface area (Å²) >= 11 is 6.30. The zero-order valence-corrected chi connectivity index (χ0v) is 15.8. The molecule has 0 aliphatic carbocycles. The summed E-state index contributed by atoms with van der Waals surface area (Å²) in [6, 6.07) is 15.2. The van der Waals surface area contributed by atoms with Gasteiger partial charge in [0.2, 0.25) is 0 Å². The molecule has 2 aromatic heterocycles. The molecule has 0 aliphatic rings. The Morgan fingerprint density at radius 3 is 2.43 bits per heavy atom. The van der Waals surface area contributed by atoms with Gasteiger partial charge < -0.3 is 0 Å². The molecule has 0 saturated heterocycles. The maximum atomic E-state index is 12.8. The van der Waals surface area contributed by atoms with Gasteiger partial charge in [0.05, 0.1) is 16.7 Å². The molecule has 0 atom stereocenters. The van der Waals surface area contributed by atoms with E-state index in [1.807, 2.05) is 6.07 Å². The van der Waals surface area contributed by atoms with Crippen molar-refractivity contribution in [1.29, 1.82) is 5.26 Å². The van der Waals surface area contributed by atoms with Crippen LogP contribution in [-0.4, -0.2) is 25.3 Å². The Kier molecular flexibility index (Phi) is 4.79. The number of imidazole rings is 1. The lowest BCUT2D eigenvalue weighted by Gasteiger charge is -2.11. The maximum Gasteiger partial charge on any atom is 0.406 e. The average Bonchev–Trinajstić information content (AvgIpc) is 3.10. The normalized spacial score (nSPS) is 11.6. The van der Waals surface area contributed by atoms with E-state index in [1.165, 1.54) is 4.57 Å². The molecule has 0 spiro atoms. The highest BCUT2D eigenvalue weighted by Gasteiger charge is 2.29. The van der Waals surface area contributed by atoms with Gasteiger partial charge >= 0.3 is 6.18 Å². The van der Waals surface area contributed by atoms with Crippen molar-refractivity contribution in [3.63, 3.8) is 0 Å². The van der Waals surface area contributed by atoms with Crippen molar-refractivity contribution in [3.8, 4) is 23.1 Å². The summed E-state index contributed by atoms with van der Waals surface area (Å²) in [5.74, 6) is 0.245. The Bertz CT molecular complexity index is 1350. The van der Waals surface area contributed by atoms with Crippen LogP contribution in [0.5, 0.6) is 0 Å². The predicted octanol–water partition coefficient (Wildman–Crippen LogP) is 4.34. The van der Waals surface area contributed by atoms with Gasteiger partial charge in [-0.1, -0.05) is 23.7 Å². The molecule has 6 nitrogen and oxygen atoms in total. The molecule has 4 aromatic rings. The van der Waals surface area contributed by atoms with Crippen LogP contribution >= 0.6 is 11.6 Å². The first-order chi connectivity index (χ1) is 14.3. The Labute approximate surface area is 172 Å². The second kappa shape index (κ2) is 7.31. The first kappa shape index (κ1) is 19.7. The van der Waals surface area contributed by atoms with Crippen LogP contribution in [0, 0.1) is 11.3 Å². The Balaban J connectivity index is 2.03. The largest absolute Gasteiger partial charge is 0.406 e. The van der Waals surface area contributed by atoms with Crippen molar-refractivity contribution in [2.24, 2.45) is 0 Å². The van der Waals surface area contributed by atoms with E-state index in [0.717, 1.165) is 6.33 Å². The fourth-order valence-corrected chi connectivity index (χ4v) is 3.27. The number of aromatic nitrogens is 4. The van der Waals surface area contributed by atoms with Gasteiger partial charge in [0.15, 0.2) is 11.2 Å². The lowest BCUT2D eigenvalue weighted by atomic mass is 10.2. The average molecular weight is 430 g/mol. The molecule has 4 rings (SSSR count). The number of halogens is 4. The van der Waals surface area contributed by atoms with E-state index in [-0.39, 0.29) is 17.0 Å². The zero-order valence-electron chi connectivity index (χ0n) is 15.1. The van der Waals surface area contributed by atoms with E-state index in [1.54, 1.807) is 48.5 Å². The minimum atomic E-state index is -4.58. The van der Waals surface area contributed by atoms with E-state index in [4.69, 9.17) is 16.9 Å². The Morgan fingerprint density at radius 2 is 1.80 bits per heavy atom. The van der Waals surface area contributed by atoms with Crippen LogP contribution in [0.2, 0.25) is 5.02 Å². The van der Waals surface area contributed by atoms with E-state index >= 15 is 0 Å². The van der Waals surface area contributed by atoms with Crippen LogP contribution in [0.25, 0.3) is 28.2 Å². The molecule has 0 aliphatic heterocycles. The van der Waals surface area contributed by atoms with Crippen LogP contribution in [0.4, 0.5) is 13.2 Å². The standard InChI is InChI=1S/C20H11ClF3N5O/c21-15-4-2-1-3-14(15)17-27-16-18(26-11-28(19(16)30)10-20(22,23)24)29(17)13-7-5-12(9-25)6-8-13/h1-8,11H,10H2. The molecule has 0 amide bonds. The summed E-state index contributed by atoms with van der Waals surface area (Å²) in [6.07, 6.45) is -3.74. The molecule has 2 heterocycles. The lowest BCUT2D eigenvalue weighted by molar-refractivity contribution is -0.141. The third kappa shape index (κ3) is 3.53. The summed E-state index contributed by atoms with van der Waals surface area (Å²) < 4.78 is 40.4. The number of hydrogen-bond acceptors (Lipinski definition) is 4. The number of benzene rings is 2. The second-order valence-electron chi connectivity index (χ2n) is 6.37. The molecule has 10 heteroatoms. The van der Waals surface area contributed by atoms with Crippen LogP contribution in [-0.2, 0) is 6.54 Å². The third-order valence-corrected chi connectivity index (χ3v) is 4.68. The zero-order chi connectivity index (χ0) is 21.5. The van der Waals surface area contributed by atoms with Crippen molar-refractivity contribution >= 4 is 22.8 Å². The van der Waals surface area contributed by atoms with Gasteiger partial charge in [-0.25, -0.2) is 9.97 Å². The van der Waals surface area contributed by atoms with E-state index in [2.05, 4.69) is 9.97 Å². The maximum absolute atomic E-state index is 12.8. The summed E-state index contributed by atoms with van der Waals surface area (Å²) in [7, 11) is 0. The third-order valence-electron chi connectivity index (χ3n) is 4.35. The fourth-order valence-electron chi connectivity index (χ4n) is 3.05. The highest BCUT2D eigenvalue weighted by molar-refractivity contribution is 6.33. The van der Waals surface area contributed by atoms with Gasteiger partial charge in [-0.2, -0.15) is 18.4 Å². The molecule has 0 bridgehead atoms. The minimum Gasteiger partial charge on any atom is -0.288 e. The Morgan fingerprint density at radius 1 is 1.10 bits per heavy atom. The van der Waals surface area contributed by atoms with Crippen molar-refractivity contribution in [3.05, 3.63) is 75.8 Å². The molecular weight excluding hydrogens is 419 g/mol. The number of nitriles is 1. The fraction of sp³-hybridized carbons (Fsp3) is 0.100. The van der Waals surface area contributed by atoms with Crippen LogP contribution in [0.3, 0.4) is 0 Å². The van der Waals surface area contributed by atoms with E-state index < -0.39 is 18.3 Å². The van der Waals surface area contributed by atoms with Crippen LogP contribution in [0.1, 0.15) is 5.56 Å². The first-order valence-electron chi connectivity index (χ1n) is 8.58. The quantitative estimate of drug-likeness (QED) is 0.485. The number of rotatable bonds is 3. The summed E-state index contributed by atoms with van der Waals surface area (Å²) in [4.78, 5) is 21.1. The van der Waals surface area contributed by atoms with Gasteiger partial charge in [-0.05, 0) is 36.4 Å². The van der Waals surface area contributed by atoms with E-state index in [9.17, 15) is 18.0 Å². The number of hydrogen-bond donors (Lipinski definition) is 0. The van der Waals surface area contributed by atoms with Gasteiger partial charge in [-0.3, -0.25) is 13.9 Å². The minimum absolute atomic E-state index is 0.0815. The van der Waals surface area contributed by atoms with Gasteiger partial charge in [0, 0.05) is 11.3 Å². The second-order valence-corrected chi connectivity index (χ2v) is 6.78. The molecular formula is C20H11ClF3N5O. The predicted molar refractivity (Wildman–Crippen MR) is 104 cm³/mol. The molecule has 2 aromatic carbocycles. The van der Waals surface area contributed by atoms with Gasteiger partial charge in [0.1, 0.15) is 18.7 Å². The van der Waals surface area contributed by atoms with Crippen molar-refractivity contribution in [1.82, 2.24) is 19.1 Å². The van der Waals surface area contributed by atoms with Crippen molar-refractivity contribution in [2.45, 2.75) is 12.7 Å². The molecule has 0 unspecified atom stereocenters. The topological polar surface area (TPSA) is 76.5 Å². The number of alkyl halides is 3. The highest BCUT2D eigenvalue weighted by Crippen LogP contribution is 2.31. The smallest absolute Gasteiger partial charge is 0.288 e. The Hall–Kier alpha value is -3.64. The highest BCUT2D eigenvalue weighted by atomic mass is 35.5. The van der Waals surface area contributed by atoms with Gasteiger partial charge in [0.25, 0.3) is 5.56 Å². The monoisotopic (exact) mass is 429 g/mol. The lowest BCUT2D eigenvalue weighted by Crippen LogP contribution is -2.28. The SMILES string of the molecule is N#Cc1ccc(-n2c(-c3ccccc3Cl)nc3c(=O)n(CC(F)(F)F)cnc32)cc1. The number of fused-ring (bicyclic) bond motifs is 1. The summed E-state index contributed by atoms with van der Waals surface area (Å²) in [5, 5.41) is 9.37. The van der Waals surface area contributed by atoms with E-state index in [0.29, 0.717) is 26.4 Å². The van der Waals surface area contributed by atoms with Crippen molar-refractivity contribution in [2.75, 3.05) is 0 Å². The molecule has 0 N–H and O–H groups in total. The molecule has 150 valence electrons. The molecule has 0 radical (unpaired) electrons. The molecule has 0 fully saturated rings. The van der Waals surface area contributed by atoms with Crippen LogP contribution < -0.4 is 5.56 Å². The van der Waals surface area contributed by atoms with Crippen molar-refractivity contribution < 1.29 is 13.2 Å². The molecule has 30 heavy (non-hydrogen) atoms. The summed E-state index contributed by atoms with van der Waals surface area (Å²) in [6.45, 7) is -1.47. The first-order valence-corrected chi connectivity index (χ1v) is 8.96. The summed E-state index contributed by atoms with van der Waals surface area (Å²) in [5.41, 5.74) is 0.357. The molecule has 0 saturated carbocycles. The number of nitrogens with zero attached hydrogens (tertiary/aromatic N) is 5.